The largest absolute Gasteiger partial charge is 0.350 e. The fourth-order valence-corrected chi connectivity index (χ4v) is 4.04. The number of anilines is 1. The van der Waals surface area contributed by atoms with Gasteiger partial charge in [0.1, 0.15) is 10.8 Å². The second-order valence-electron chi connectivity index (χ2n) is 6.88. The van der Waals surface area contributed by atoms with Crippen LogP contribution in [-0.4, -0.2) is 35.2 Å². The Hall–Kier alpha value is -2.55. The maximum absolute atomic E-state index is 13.5. The second kappa shape index (κ2) is 9.59. The number of nitrogens with one attached hydrogen (secondary N) is 3. The van der Waals surface area contributed by atoms with Crippen LogP contribution in [0.2, 0.25) is 0 Å². The molecule has 1 aromatic heterocycles. The number of aryl methyl sites for hydroxylation is 1. The van der Waals surface area contributed by atoms with Crippen LogP contribution in [-0.2, 0) is 0 Å². The van der Waals surface area contributed by atoms with Crippen LogP contribution in [0.4, 0.5) is 14.3 Å². The summed E-state index contributed by atoms with van der Waals surface area (Å²) >= 11 is 1.41. The lowest BCUT2D eigenvalue weighted by molar-refractivity contribution is 0.0953. The molecule has 3 amide bonds. The van der Waals surface area contributed by atoms with E-state index in [-0.39, 0.29) is 24.6 Å². The van der Waals surface area contributed by atoms with Crippen LogP contribution >= 0.6 is 11.3 Å². The fourth-order valence-electron chi connectivity index (χ4n) is 3.13. The maximum atomic E-state index is 13.5. The van der Waals surface area contributed by atoms with E-state index in [9.17, 15) is 14.0 Å². The second-order valence-corrected chi connectivity index (χ2v) is 7.89. The van der Waals surface area contributed by atoms with E-state index >= 15 is 0 Å². The Morgan fingerprint density at radius 1 is 1.14 bits per heavy atom. The molecule has 0 saturated heterocycles. The van der Waals surface area contributed by atoms with Crippen LogP contribution in [0.15, 0.2) is 18.2 Å². The van der Waals surface area contributed by atoms with Crippen LogP contribution in [0.25, 0.3) is 0 Å². The third-order valence-electron chi connectivity index (χ3n) is 4.75. The molecule has 1 fully saturated rings. The van der Waals surface area contributed by atoms with Gasteiger partial charge in [0.15, 0.2) is 0 Å². The summed E-state index contributed by atoms with van der Waals surface area (Å²) in [6.45, 7) is 2.10. The average molecular weight is 405 g/mol. The molecule has 0 atom stereocenters. The van der Waals surface area contributed by atoms with Gasteiger partial charge in [0.2, 0.25) is 5.13 Å². The molecule has 7 nitrogen and oxygen atoms in total. The van der Waals surface area contributed by atoms with Crippen LogP contribution in [0.1, 0.15) is 59.0 Å². The molecule has 28 heavy (non-hydrogen) atoms. The number of carbonyl (C=O) groups is 2. The van der Waals surface area contributed by atoms with E-state index in [1.807, 2.05) is 0 Å². The first-order valence-corrected chi connectivity index (χ1v) is 10.3. The van der Waals surface area contributed by atoms with Crippen molar-refractivity contribution in [1.82, 2.24) is 20.8 Å². The molecule has 3 N–H and O–H groups in total. The Morgan fingerprint density at radius 3 is 2.64 bits per heavy atom. The Bertz CT molecular complexity index is 835. The van der Waals surface area contributed by atoms with Gasteiger partial charge in [0.25, 0.3) is 5.91 Å². The standard InChI is InChI=1S/C19H24FN5O2S/c1-12-7-8-14(11-15(12)20)16(26)21-9-10-22-18(27)23-19-25-24-17(28-19)13-5-3-2-4-6-13/h7-8,11,13H,2-6,9-10H2,1H3,(H,21,26)(H2,22,23,25,27). The highest BCUT2D eigenvalue weighted by atomic mass is 32.1. The maximum Gasteiger partial charge on any atom is 0.321 e. The topological polar surface area (TPSA) is 96.0 Å². The summed E-state index contributed by atoms with van der Waals surface area (Å²) in [5.41, 5.74) is 0.731. The summed E-state index contributed by atoms with van der Waals surface area (Å²) < 4.78 is 13.5. The van der Waals surface area contributed by atoms with E-state index < -0.39 is 11.8 Å². The van der Waals surface area contributed by atoms with Gasteiger partial charge in [-0.25, -0.2) is 9.18 Å². The molecule has 1 saturated carbocycles. The molecule has 1 aromatic carbocycles. The van der Waals surface area contributed by atoms with Crippen molar-refractivity contribution >= 4 is 28.4 Å². The summed E-state index contributed by atoms with van der Waals surface area (Å²) in [4.78, 5) is 23.9. The normalized spacial score (nSPS) is 14.5. The number of carbonyl (C=O) groups excluding carboxylic acids is 2. The lowest BCUT2D eigenvalue weighted by Gasteiger charge is -2.18. The van der Waals surface area contributed by atoms with Crippen molar-refractivity contribution < 1.29 is 14.0 Å². The first kappa shape index (κ1) is 20.2. The number of amides is 3. The predicted molar refractivity (Wildman–Crippen MR) is 106 cm³/mol. The quantitative estimate of drug-likeness (QED) is 0.640. The lowest BCUT2D eigenvalue weighted by Crippen LogP contribution is -2.36. The molecule has 1 aliphatic carbocycles. The van der Waals surface area contributed by atoms with Crippen LogP contribution in [0.3, 0.4) is 0 Å². The lowest BCUT2D eigenvalue weighted by atomic mass is 9.90. The van der Waals surface area contributed by atoms with Crippen molar-refractivity contribution in [2.45, 2.75) is 44.9 Å². The van der Waals surface area contributed by atoms with E-state index in [0.717, 1.165) is 17.8 Å². The smallest absolute Gasteiger partial charge is 0.321 e. The van der Waals surface area contributed by atoms with E-state index in [4.69, 9.17) is 0 Å². The van der Waals surface area contributed by atoms with Crippen molar-refractivity contribution in [3.05, 3.63) is 40.2 Å². The van der Waals surface area contributed by atoms with E-state index in [0.29, 0.717) is 16.6 Å². The van der Waals surface area contributed by atoms with Crippen molar-refractivity contribution in [2.24, 2.45) is 0 Å². The van der Waals surface area contributed by atoms with E-state index in [2.05, 4.69) is 26.1 Å². The molecule has 9 heteroatoms. The fraction of sp³-hybridized carbons (Fsp3) is 0.474. The number of urea groups is 1. The predicted octanol–water partition coefficient (Wildman–Crippen LogP) is 3.58. The van der Waals surface area contributed by atoms with Crippen molar-refractivity contribution in [3.8, 4) is 0 Å². The third kappa shape index (κ3) is 5.48. The Balaban J connectivity index is 1.38. The molecule has 0 unspecified atom stereocenters. The van der Waals surface area contributed by atoms with E-state index in [1.165, 1.54) is 36.7 Å². The monoisotopic (exact) mass is 405 g/mol. The van der Waals surface area contributed by atoms with E-state index in [1.54, 1.807) is 19.1 Å². The summed E-state index contributed by atoms with van der Waals surface area (Å²) in [5.74, 6) is -0.358. The Kier molecular flexibility index (Phi) is 6.91. The highest BCUT2D eigenvalue weighted by Crippen LogP contribution is 2.35. The number of rotatable bonds is 6. The van der Waals surface area contributed by atoms with Gasteiger partial charge in [0.05, 0.1) is 0 Å². The number of hydrogen-bond acceptors (Lipinski definition) is 5. The zero-order valence-electron chi connectivity index (χ0n) is 15.8. The van der Waals surface area contributed by atoms with Gasteiger partial charge in [-0.3, -0.25) is 10.1 Å². The number of halogens is 1. The highest BCUT2D eigenvalue weighted by Gasteiger charge is 2.20. The molecule has 1 heterocycles. The zero-order chi connectivity index (χ0) is 19.9. The Labute approximate surface area is 167 Å². The zero-order valence-corrected chi connectivity index (χ0v) is 16.6. The number of hydrogen-bond donors (Lipinski definition) is 3. The third-order valence-corrected chi connectivity index (χ3v) is 5.75. The molecule has 0 radical (unpaired) electrons. The van der Waals surface area contributed by atoms with Crippen LogP contribution in [0, 0.1) is 12.7 Å². The summed E-state index contributed by atoms with van der Waals surface area (Å²) in [7, 11) is 0. The molecule has 2 aromatic rings. The molecule has 0 bridgehead atoms. The number of aromatic nitrogens is 2. The molecule has 0 spiro atoms. The minimum Gasteiger partial charge on any atom is -0.350 e. The molecular formula is C19H24FN5O2S. The van der Waals surface area contributed by atoms with Gasteiger partial charge < -0.3 is 10.6 Å². The van der Waals surface area contributed by atoms with Gasteiger partial charge in [-0.2, -0.15) is 0 Å². The SMILES string of the molecule is Cc1ccc(C(=O)NCCNC(=O)Nc2nnc(C3CCCCC3)s2)cc1F. The molecule has 3 rings (SSSR count). The molecule has 1 aliphatic rings. The van der Waals surface area contributed by atoms with Gasteiger partial charge >= 0.3 is 6.03 Å². The van der Waals surface area contributed by atoms with Crippen molar-refractivity contribution in [3.63, 3.8) is 0 Å². The minimum atomic E-state index is -0.421. The first-order chi connectivity index (χ1) is 13.5. The molecule has 150 valence electrons. The van der Waals surface area contributed by atoms with Gasteiger partial charge in [-0.05, 0) is 37.5 Å². The van der Waals surface area contributed by atoms with Gasteiger partial charge in [-0.15, -0.1) is 10.2 Å². The summed E-state index contributed by atoms with van der Waals surface area (Å²) in [5, 5.41) is 17.6. The average Bonchev–Trinajstić information content (AvgIpc) is 3.16. The van der Waals surface area contributed by atoms with Gasteiger partial charge in [0, 0.05) is 24.6 Å². The summed E-state index contributed by atoms with van der Waals surface area (Å²) in [6.07, 6.45) is 5.97. The van der Waals surface area contributed by atoms with Crippen LogP contribution < -0.4 is 16.0 Å². The summed E-state index contributed by atoms with van der Waals surface area (Å²) in [6, 6.07) is 3.92. The highest BCUT2D eigenvalue weighted by molar-refractivity contribution is 7.15. The molecule has 0 aliphatic heterocycles. The number of nitrogens with zero attached hydrogens (tertiary/aromatic N) is 2. The number of benzene rings is 1. The van der Waals surface area contributed by atoms with Crippen LogP contribution in [0.5, 0.6) is 0 Å². The Morgan fingerprint density at radius 2 is 1.89 bits per heavy atom. The first-order valence-electron chi connectivity index (χ1n) is 9.45. The van der Waals surface area contributed by atoms with Crippen molar-refractivity contribution in [1.29, 1.82) is 0 Å². The van der Waals surface area contributed by atoms with Gasteiger partial charge in [-0.1, -0.05) is 36.7 Å². The molecular weight excluding hydrogens is 381 g/mol. The minimum absolute atomic E-state index is 0.227. The van der Waals surface area contributed by atoms with Crippen molar-refractivity contribution in [2.75, 3.05) is 18.4 Å².